The van der Waals surface area contributed by atoms with E-state index in [0.717, 1.165) is 11.1 Å². The van der Waals surface area contributed by atoms with Gasteiger partial charge in [-0.2, -0.15) is 0 Å². The molecule has 0 fully saturated rings. The molecule has 3 aromatic rings. The standard InChI is InChI=1S/C27H30N2O4/c30-18-10-17-28-27(32)25(19-22-11-4-1-5-12-22)29(20-23-13-6-2-7-14-23)26(31)21-33-24-15-8-3-9-16-24/h1-9,11-16,25,30H,10,17-21H2,(H,28,32). The molecule has 1 atom stereocenters. The molecule has 6 heteroatoms. The van der Waals surface area contributed by atoms with Gasteiger partial charge in [-0.25, -0.2) is 0 Å². The number of aliphatic hydroxyl groups excluding tert-OH is 1. The van der Waals surface area contributed by atoms with Crippen LogP contribution >= 0.6 is 0 Å². The van der Waals surface area contributed by atoms with Crippen molar-refractivity contribution in [2.75, 3.05) is 19.8 Å². The van der Waals surface area contributed by atoms with Gasteiger partial charge in [0, 0.05) is 26.1 Å². The van der Waals surface area contributed by atoms with Crippen molar-refractivity contribution in [3.63, 3.8) is 0 Å². The highest BCUT2D eigenvalue weighted by atomic mass is 16.5. The second-order valence-electron chi connectivity index (χ2n) is 7.68. The van der Waals surface area contributed by atoms with Gasteiger partial charge in [-0.15, -0.1) is 0 Å². The van der Waals surface area contributed by atoms with Crippen molar-refractivity contribution in [3.05, 3.63) is 102 Å². The van der Waals surface area contributed by atoms with E-state index in [9.17, 15) is 9.59 Å². The molecule has 3 rings (SSSR count). The van der Waals surface area contributed by atoms with Gasteiger partial charge in [-0.05, 0) is 29.7 Å². The summed E-state index contributed by atoms with van der Waals surface area (Å²) in [7, 11) is 0. The highest BCUT2D eigenvalue weighted by molar-refractivity contribution is 5.88. The van der Waals surface area contributed by atoms with Crippen molar-refractivity contribution < 1.29 is 19.4 Å². The minimum atomic E-state index is -0.724. The minimum Gasteiger partial charge on any atom is -0.484 e. The first-order chi connectivity index (χ1) is 16.2. The van der Waals surface area contributed by atoms with Gasteiger partial charge in [-0.1, -0.05) is 78.9 Å². The number of carbonyl (C=O) groups is 2. The van der Waals surface area contributed by atoms with Gasteiger partial charge in [0.1, 0.15) is 11.8 Å². The number of carbonyl (C=O) groups excluding carboxylic acids is 2. The summed E-state index contributed by atoms with van der Waals surface area (Å²) < 4.78 is 5.71. The van der Waals surface area contributed by atoms with E-state index in [0.29, 0.717) is 25.1 Å². The van der Waals surface area contributed by atoms with Crippen LogP contribution in [0.4, 0.5) is 0 Å². The zero-order valence-corrected chi connectivity index (χ0v) is 18.6. The summed E-state index contributed by atoms with van der Waals surface area (Å²) in [6, 6.07) is 27.6. The lowest BCUT2D eigenvalue weighted by molar-refractivity contribution is -0.142. The van der Waals surface area contributed by atoms with E-state index >= 15 is 0 Å². The number of aliphatic hydroxyl groups is 1. The summed E-state index contributed by atoms with van der Waals surface area (Å²) in [5, 5.41) is 12.0. The van der Waals surface area contributed by atoms with E-state index in [4.69, 9.17) is 9.84 Å². The molecule has 172 valence electrons. The Balaban J connectivity index is 1.85. The summed E-state index contributed by atoms with van der Waals surface area (Å²) >= 11 is 0. The molecule has 0 saturated carbocycles. The first-order valence-electron chi connectivity index (χ1n) is 11.1. The molecule has 1 unspecified atom stereocenters. The summed E-state index contributed by atoms with van der Waals surface area (Å²) in [6.07, 6.45) is 0.823. The van der Waals surface area contributed by atoms with Crippen LogP contribution in [0.25, 0.3) is 0 Å². The van der Waals surface area contributed by atoms with Crippen molar-refractivity contribution in [1.82, 2.24) is 10.2 Å². The Morgan fingerprint density at radius 3 is 2.03 bits per heavy atom. The minimum absolute atomic E-state index is 0.0127. The van der Waals surface area contributed by atoms with Crippen molar-refractivity contribution in [2.45, 2.75) is 25.4 Å². The fraction of sp³-hybridized carbons (Fsp3) is 0.259. The molecule has 0 aliphatic rings. The number of hydrogen-bond acceptors (Lipinski definition) is 4. The Kier molecular flexibility index (Phi) is 9.48. The van der Waals surface area contributed by atoms with Gasteiger partial charge in [0.25, 0.3) is 5.91 Å². The van der Waals surface area contributed by atoms with Crippen LogP contribution in [0.1, 0.15) is 17.5 Å². The number of para-hydroxylation sites is 1. The molecular weight excluding hydrogens is 416 g/mol. The molecule has 0 radical (unpaired) electrons. The number of ether oxygens (including phenoxy) is 1. The van der Waals surface area contributed by atoms with Crippen LogP contribution in [0, 0.1) is 0 Å². The monoisotopic (exact) mass is 446 g/mol. The quantitative estimate of drug-likeness (QED) is 0.419. The third kappa shape index (κ3) is 7.77. The fourth-order valence-corrected chi connectivity index (χ4v) is 3.49. The topological polar surface area (TPSA) is 78.9 Å². The van der Waals surface area contributed by atoms with E-state index in [1.165, 1.54) is 0 Å². The van der Waals surface area contributed by atoms with E-state index in [1.807, 2.05) is 78.9 Å². The zero-order chi connectivity index (χ0) is 23.3. The molecule has 0 aromatic heterocycles. The van der Waals surface area contributed by atoms with Gasteiger partial charge in [-0.3, -0.25) is 9.59 Å². The van der Waals surface area contributed by atoms with E-state index in [2.05, 4.69) is 5.32 Å². The Labute approximate surface area is 194 Å². The van der Waals surface area contributed by atoms with Crippen LogP contribution in [0.15, 0.2) is 91.0 Å². The molecular formula is C27H30N2O4. The molecule has 2 N–H and O–H groups in total. The maximum absolute atomic E-state index is 13.4. The molecule has 3 aromatic carbocycles. The molecule has 33 heavy (non-hydrogen) atoms. The number of nitrogens with zero attached hydrogens (tertiary/aromatic N) is 1. The molecule has 2 amide bonds. The number of hydrogen-bond donors (Lipinski definition) is 2. The van der Waals surface area contributed by atoms with Crippen LogP contribution in [-0.4, -0.2) is 47.6 Å². The molecule has 0 heterocycles. The summed E-state index contributed by atoms with van der Waals surface area (Å²) in [5.74, 6) is 0.0646. The predicted octanol–water partition coefficient (Wildman–Crippen LogP) is 3.20. The molecule has 0 spiro atoms. The van der Waals surface area contributed by atoms with Gasteiger partial charge in [0.05, 0.1) is 0 Å². The normalized spacial score (nSPS) is 11.4. The van der Waals surface area contributed by atoms with Crippen LogP contribution < -0.4 is 10.1 Å². The molecule has 0 aliphatic carbocycles. The van der Waals surface area contributed by atoms with E-state index in [-0.39, 0.29) is 31.6 Å². The lowest BCUT2D eigenvalue weighted by Crippen LogP contribution is -2.51. The Morgan fingerprint density at radius 1 is 0.848 bits per heavy atom. The lowest BCUT2D eigenvalue weighted by atomic mass is 10.0. The Hall–Kier alpha value is -3.64. The smallest absolute Gasteiger partial charge is 0.261 e. The van der Waals surface area contributed by atoms with Crippen molar-refractivity contribution in [3.8, 4) is 5.75 Å². The second kappa shape index (κ2) is 13.0. The van der Waals surface area contributed by atoms with Gasteiger partial charge in [0.15, 0.2) is 6.61 Å². The van der Waals surface area contributed by atoms with Crippen LogP contribution in [0.5, 0.6) is 5.75 Å². The maximum atomic E-state index is 13.4. The highest BCUT2D eigenvalue weighted by Crippen LogP contribution is 2.16. The van der Waals surface area contributed by atoms with Crippen LogP contribution in [0.3, 0.4) is 0 Å². The first kappa shape index (κ1) is 24.0. The Morgan fingerprint density at radius 2 is 1.42 bits per heavy atom. The fourth-order valence-electron chi connectivity index (χ4n) is 3.49. The average molecular weight is 447 g/mol. The van der Waals surface area contributed by atoms with Crippen LogP contribution in [0.2, 0.25) is 0 Å². The molecule has 0 saturated heterocycles. The third-order valence-corrected chi connectivity index (χ3v) is 5.21. The second-order valence-corrected chi connectivity index (χ2v) is 7.68. The zero-order valence-electron chi connectivity index (χ0n) is 18.6. The molecule has 0 bridgehead atoms. The van der Waals surface area contributed by atoms with E-state index in [1.54, 1.807) is 17.0 Å². The third-order valence-electron chi connectivity index (χ3n) is 5.21. The first-order valence-corrected chi connectivity index (χ1v) is 11.1. The number of benzene rings is 3. The van der Waals surface area contributed by atoms with Crippen molar-refractivity contribution >= 4 is 11.8 Å². The SMILES string of the molecule is O=C(NCCCO)C(Cc1ccccc1)N(Cc1ccccc1)C(=O)COc1ccccc1. The Bertz CT molecular complexity index is 981. The van der Waals surface area contributed by atoms with Crippen molar-refractivity contribution in [2.24, 2.45) is 0 Å². The van der Waals surface area contributed by atoms with Gasteiger partial charge >= 0.3 is 0 Å². The van der Waals surface area contributed by atoms with Crippen LogP contribution in [-0.2, 0) is 22.6 Å². The largest absolute Gasteiger partial charge is 0.484 e. The molecule has 6 nitrogen and oxygen atoms in total. The lowest BCUT2D eigenvalue weighted by Gasteiger charge is -2.31. The number of rotatable bonds is 12. The average Bonchev–Trinajstić information content (AvgIpc) is 2.86. The van der Waals surface area contributed by atoms with E-state index < -0.39 is 6.04 Å². The molecule has 0 aliphatic heterocycles. The summed E-state index contributed by atoms with van der Waals surface area (Å²) in [5.41, 5.74) is 1.88. The maximum Gasteiger partial charge on any atom is 0.261 e. The highest BCUT2D eigenvalue weighted by Gasteiger charge is 2.30. The summed E-state index contributed by atoms with van der Waals surface area (Å²) in [4.78, 5) is 28.2. The predicted molar refractivity (Wildman–Crippen MR) is 128 cm³/mol. The van der Waals surface area contributed by atoms with Crippen molar-refractivity contribution in [1.29, 1.82) is 0 Å². The summed E-state index contributed by atoms with van der Waals surface area (Å²) in [6.45, 7) is 0.435. The van der Waals surface area contributed by atoms with Gasteiger partial charge < -0.3 is 20.1 Å². The number of nitrogens with one attached hydrogen (secondary N) is 1. The van der Waals surface area contributed by atoms with Gasteiger partial charge in [0.2, 0.25) is 5.91 Å². The number of amides is 2.